The van der Waals surface area contributed by atoms with Crippen LogP contribution in [0, 0.1) is 0 Å². The number of hydrogen-bond acceptors (Lipinski definition) is 3. The molecule has 2 amide bonds. The number of rotatable bonds is 4. The molecule has 0 radical (unpaired) electrons. The van der Waals surface area contributed by atoms with Gasteiger partial charge in [0.2, 0.25) is 5.91 Å². The van der Waals surface area contributed by atoms with E-state index < -0.39 is 18.1 Å². The van der Waals surface area contributed by atoms with Gasteiger partial charge in [0.15, 0.2) is 0 Å². The third-order valence-electron chi connectivity index (χ3n) is 2.81. The van der Waals surface area contributed by atoms with Crippen LogP contribution in [0.5, 0.6) is 0 Å². The number of nitrogens with zero attached hydrogens (tertiary/aromatic N) is 2. The predicted octanol–water partition coefficient (Wildman–Crippen LogP) is 0.0619. The van der Waals surface area contributed by atoms with Crippen LogP contribution in [0.25, 0.3) is 0 Å². The molecule has 1 rings (SSSR count). The molecule has 0 aromatic rings. The zero-order chi connectivity index (χ0) is 13.0. The second kappa shape index (κ2) is 5.51. The second-order valence-corrected chi connectivity index (χ2v) is 3.97. The van der Waals surface area contributed by atoms with Gasteiger partial charge in [-0.2, -0.15) is 0 Å². The second-order valence-electron chi connectivity index (χ2n) is 3.97. The van der Waals surface area contributed by atoms with E-state index in [4.69, 9.17) is 10.2 Å². The summed E-state index contributed by atoms with van der Waals surface area (Å²) in [5, 5.41) is 17.3. The average Bonchev–Trinajstić information content (AvgIpc) is 2.23. The molecule has 0 aliphatic carbocycles. The number of hydrogen-bond donors (Lipinski definition) is 2. The van der Waals surface area contributed by atoms with Gasteiger partial charge in [0.1, 0.15) is 6.04 Å². The number of carboxylic acid groups (broad SMARTS) is 2. The summed E-state index contributed by atoms with van der Waals surface area (Å²) in [5.41, 5.74) is 0. The van der Waals surface area contributed by atoms with Gasteiger partial charge in [0.25, 0.3) is 0 Å². The van der Waals surface area contributed by atoms with Gasteiger partial charge in [-0.25, -0.2) is 4.79 Å². The van der Waals surface area contributed by atoms with E-state index in [0.29, 0.717) is 19.5 Å². The first-order valence-corrected chi connectivity index (χ1v) is 5.43. The molecule has 7 nitrogen and oxygen atoms in total. The smallest absolute Gasteiger partial charge is 0.408 e. The summed E-state index contributed by atoms with van der Waals surface area (Å²) in [4.78, 5) is 35.5. The Hall–Kier alpha value is -1.79. The van der Waals surface area contributed by atoms with Gasteiger partial charge in [0.05, 0.1) is 0 Å². The van der Waals surface area contributed by atoms with Crippen LogP contribution in [-0.2, 0) is 9.59 Å². The van der Waals surface area contributed by atoms with Gasteiger partial charge < -0.3 is 15.1 Å². The van der Waals surface area contributed by atoms with Crippen LogP contribution in [0.1, 0.15) is 19.8 Å². The van der Waals surface area contributed by atoms with Crippen molar-refractivity contribution in [3.05, 3.63) is 0 Å². The number of carboxylic acids is 1. The van der Waals surface area contributed by atoms with Crippen LogP contribution >= 0.6 is 0 Å². The molecule has 2 N–H and O–H groups in total. The van der Waals surface area contributed by atoms with Gasteiger partial charge >= 0.3 is 12.1 Å². The minimum atomic E-state index is -1.10. The zero-order valence-corrected chi connectivity index (χ0v) is 9.63. The van der Waals surface area contributed by atoms with E-state index >= 15 is 0 Å². The molecule has 1 heterocycles. The lowest BCUT2D eigenvalue weighted by atomic mass is 10.1. The topological polar surface area (TPSA) is 98.2 Å². The number of carbonyl (C=O) groups is 3. The monoisotopic (exact) mass is 244 g/mol. The summed E-state index contributed by atoms with van der Waals surface area (Å²) in [7, 11) is 0. The van der Waals surface area contributed by atoms with E-state index in [1.807, 2.05) is 0 Å². The molecule has 1 fully saturated rings. The Kier molecular flexibility index (Phi) is 4.30. The fraction of sp³-hybridized carbons (Fsp3) is 0.700. The van der Waals surface area contributed by atoms with Crippen molar-refractivity contribution in [2.45, 2.75) is 25.8 Å². The summed E-state index contributed by atoms with van der Waals surface area (Å²) in [6.07, 6.45) is -0.696. The van der Waals surface area contributed by atoms with Crippen LogP contribution in [0.15, 0.2) is 0 Å². The Morgan fingerprint density at radius 2 is 2.00 bits per heavy atom. The molecule has 7 heteroatoms. The summed E-state index contributed by atoms with van der Waals surface area (Å²) in [6, 6.07) is -0.689. The first-order chi connectivity index (χ1) is 7.93. The Morgan fingerprint density at radius 3 is 2.53 bits per heavy atom. The van der Waals surface area contributed by atoms with Crippen molar-refractivity contribution >= 4 is 18.0 Å². The van der Waals surface area contributed by atoms with Crippen molar-refractivity contribution in [3.8, 4) is 0 Å². The van der Waals surface area contributed by atoms with Crippen LogP contribution in [0.4, 0.5) is 4.79 Å². The highest BCUT2D eigenvalue weighted by Crippen LogP contribution is 2.12. The lowest BCUT2D eigenvalue weighted by molar-refractivity contribution is -0.141. The van der Waals surface area contributed by atoms with Gasteiger partial charge in [-0.3, -0.25) is 14.5 Å². The maximum absolute atomic E-state index is 11.8. The highest BCUT2D eigenvalue weighted by Gasteiger charge is 2.33. The quantitative estimate of drug-likeness (QED) is 0.728. The number of carbonyl (C=O) groups excluding carboxylic acids is 1. The molecule has 0 aromatic carbocycles. The fourth-order valence-corrected chi connectivity index (χ4v) is 1.83. The molecule has 0 unspecified atom stereocenters. The highest BCUT2D eigenvalue weighted by molar-refractivity contribution is 5.86. The summed E-state index contributed by atoms with van der Waals surface area (Å²) < 4.78 is 0. The number of aliphatic carboxylic acids is 1. The maximum atomic E-state index is 11.8. The molecule has 1 saturated heterocycles. The van der Waals surface area contributed by atoms with E-state index in [2.05, 4.69) is 0 Å². The zero-order valence-electron chi connectivity index (χ0n) is 9.63. The molecule has 0 saturated carbocycles. The third kappa shape index (κ3) is 3.33. The van der Waals surface area contributed by atoms with Crippen LogP contribution < -0.4 is 0 Å². The molecule has 1 aliphatic heterocycles. The van der Waals surface area contributed by atoms with Crippen LogP contribution in [0.3, 0.4) is 0 Å². The predicted molar refractivity (Wildman–Crippen MR) is 57.6 cm³/mol. The Labute approximate surface area is 98.6 Å². The molecule has 1 atom stereocenters. The summed E-state index contributed by atoms with van der Waals surface area (Å²) in [6.45, 7) is 2.51. The van der Waals surface area contributed by atoms with E-state index in [9.17, 15) is 14.4 Å². The normalized spacial score (nSPS) is 20.5. The van der Waals surface area contributed by atoms with Crippen molar-refractivity contribution in [2.24, 2.45) is 0 Å². The first kappa shape index (κ1) is 13.3. The molecule has 0 aromatic heterocycles. The minimum Gasteiger partial charge on any atom is -0.481 e. The van der Waals surface area contributed by atoms with E-state index in [0.717, 1.165) is 4.90 Å². The first-order valence-electron chi connectivity index (χ1n) is 5.43. The lowest BCUT2D eigenvalue weighted by Gasteiger charge is -2.37. The Balaban J connectivity index is 2.48. The maximum Gasteiger partial charge on any atom is 0.408 e. The molecule has 1 aliphatic rings. The van der Waals surface area contributed by atoms with E-state index in [-0.39, 0.29) is 18.9 Å². The Bertz CT molecular complexity index is 329. The molecular formula is C10H16N2O5. The van der Waals surface area contributed by atoms with Crippen molar-refractivity contribution in [3.63, 3.8) is 0 Å². The van der Waals surface area contributed by atoms with E-state index in [1.165, 1.54) is 4.90 Å². The number of amides is 2. The van der Waals surface area contributed by atoms with Gasteiger partial charge in [-0.05, 0) is 13.3 Å². The summed E-state index contributed by atoms with van der Waals surface area (Å²) >= 11 is 0. The van der Waals surface area contributed by atoms with Crippen LogP contribution in [-0.4, -0.2) is 63.7 Å². The standard InChI is InChI=1S/C10H16N2O5/c1-7-9(15)11(4-2-3-8(13)14)5-6-12(7)10(16)17/h7H,2-6H2,1H3,(H,13,14)(H,16,17)/t7-/m0/s1. The SMILES string of the molecule is C[C@H]1C(=O)N(CCCC(=O)O)CCN1C(=O)O. The van der Waals surface area contributed by atoms with Crippen molar-refractivity contribution in [2.75, 3.05) is 19.6 Å². The van der Waals surface area contributed by atoms with Gasteiger partial charge in [-0.15, -0.1) is 0 Å². The fourth-order valence-electron chi connectivity index (χ4n) is 1.83. The molecule has 17 heavy (non-hydrogen) atoms. The summed E-state index contributed by atoms with van der Waals surface area (Å²) in [5.74, 6) is -1.15. The molecule has 96 valence electrons. The number of piperazine rings is 1. The molecule has 0 bridgehead atoms. The van der Waals surface area contributed by atoms with Crippen molar-refractivity contribution in [1.82, 2.24) is 9.80 Å². The van der Waals surface area contributed by atoms with Gasteiger partial charge in [0, 0.05) is 26.1 Å². The van der Waals surface area contributed by atoms with Crippen LogP contribution in [0.2, 0.25) is 0 Å². The average molecular weight is 244 g/mol. The van der Waals surface area contributed by atoms with E-state index in [1.54, 1.807) is 6.92 Å². The Morgan fingerprint density at radius 1 is 1.35 bits per heavy atom. The molecular weight excluding hydrogens is 228 g/mol. The lowest BCUT2D eigenvalue weighted by Crippen LogP contribution is -2.57. The largest absolute Gasteiger partial charge is 0.481 e. The highest BCUT2D eigenvalue weighted by atomic mass is 16.4. The third-order valence-corrected chi connectivity index (χ3v) is 2.81. The van der Waals surface area contributed by atoms with Crippen molar-refractivity contribution in [1.29, 1.82) is 0 Å². The molecule has 0 spiro atoms. The minimum absolute atomic E-state index is 0.0147. The van der Waals surface area contributed by atoms with Gasteiger partial charge in [-0.1, -0.05) is 0 Å². The van der Waals surface area contributed by atoms with Crippen molar-refractivity contribution < 1.29 is 24.6 Å².